The van der Waals surface area contributed by atoms with Gasteiger partial charge < -0.3 is 10.5 Å². The number of benzene rings is 1. The van der Waals surface area contributed by atoms with Crippen LogP contribution >= 0.6 is 0 Å². The Kier molecular flexibility index (Phi) is 4.31. The molecule has 106 valence electrons. The normalized spacial score (nSPS) is 18.5. The number of hydrogen-bond donors (Lipinski definition) is 1. The van der Waals surface area contributed by atoms with Crippen molar-refractivity contribution in [3.05, 3.63) is 29.8 Å². The van der Waals surface area contributed by atoms with Crippen LogP contribution in [0.5, 0.6) is 5.75 Å². The second-order valence-corrected chi connectivity index (χ2v) is 4.58. The summed E-state index contributed by atoms with van der Waals surface area (Å²) in [5.41, 5.74) is 6.24. The van der Waals surface area contributed by atoms with Gasteiger partial charge >= 0.3 is 6.36 Å². The largest absolute Gasteiger partial charge is 0.573 e. The van der Waals surface area contributed by atoms with Gasteiger partial charge in [0.15, 0.2) is 0 Å². The Morgan fingerprint density at radius 3 is 2.42 bits per heavy atom. The Morgan fingerprint density at radius 2 is 1.84 bits per heavy atom. The Morgan fingerprint density at radius 1 is 1.21 bits per heavy atom. The molecule has 2 N–H and O–H groups in total. The van der Waals surface area contributed by atoms with Crippen LogP contribution in [0.25, 0.3) is 0 Å². The number of para-hydroxylation sites is 1. The molecule has 3 nitrogen and oxygen atoms in total. The monoisotopic (exact) mass is 274 g/mol. The van der Waals surface area contributed by atoms with Crippen LogP contribution in [-0.2, 0) is 0 Å². The van der Waals surface area contributed by atoms with Crippen LogP contribution < -0.4 is 10.5 Å². The fraction of sp³-hybridized carbons (Fsp3) is 0.538. The van der Waals surface area contributed by atoms with Crippen molar-refractivity contribution in [3.8, 4) is 5.75 Å². The molecule has 1 aromatic carbocycles. The molecule has 1 heterocycles. The third-order valence-corrected chi connectivity index (χ3v) is 3.31. The third-order valence-electron chi connectivity index (χ3n) is 3.31. The molecule has 1 aliphatic rings. The molecule has 1 saturated heterocycles. The first kappa shape index (κ1) is 14.1. The lowest BCUT2D eigenvalue weighted by Gasteiger charge is -2.28. The molecule has 0 saturated carbocycles. The van der Waals surface area contributed by atoms with Crippen LogP contribution in [0.2, 0.25) is 0 Å². The summed E-state index contributed by atoms with van der Waals surface area (Å²) < 4.78 is 41.3. The van der Waals surface area contributed by atoms with Gasteiger partial charge in [-0.1, -0.05) is 18.2 Å². The molecular formula is C13H17F3N2O. The van der Waals surface area contributed by atoms with E-state index in [4.69, 9.17) is 5.73 Å². The lowest BCUT2D eigenvalue weighted by molar-refractivity contribution is -0.275. The van der Waals surface area contributed by atoms with E-state index in [-0.39, 0.29) is 18.3 Å². The van der Waals surface area contributed by atoms with Crippen molar-refractivity contribution in [2.75, 3.05) is 19.6 Å². The molecule has 1 fully saturated rings. The van der Waals surface area contributed by atoms with Gasteiger partial charge in [-0.25, -0.2) is 0 Å². The topological polar surface area (TPSA) is 38.5 Å². The van der Waals surface area contributed by atoms with Gasteiger partial charge in [-0.15, -0.1) is 13.2 Å². The smallest absolute Gasteiger partial charge is 0.405 e. The van der Waals surface area contributed by atoms with E-state index >= 15 is 0 Å². The van der Waals surface area contributed by atoms with Crippen molar-refractivity contribution in [2.45, 2.75) is 25.2 Å². The molecule has 19 heavy (non-hydrogen) atoms. The minimum atomic E-state index is -4.68. The van der Waals surface area contributed by atoms with E-state index in [0.29, 0.717) is 5.56 Å². The number of nitrogens with two attached hydrogens (primary N) is 1. The molecule has 0 spiro atoms. The first-order valence-corrected chi connectivity index (χ1v) is 6.30. The zero-order chi connectivity index (χ0) is 13.9. The van der Waals surface area contributed by atoms with E-state index in [0.717, 1.165) is 25.9 Å². The zero-order valence-electron chi connectivity index (χ0n) is 10.5. The second-order valence-electron chi connectivity index (χ2n) is 4.58. The van der Waals surface area contributed by atoms with Crippen molar-refractivity contribution in [1.29, 1.82) is 0 Å². The Bertz CT molecular complexity index is 417. The lowest BCUT2D eigenvalue weighted by Crippen LogP contribution is -2.32. The summed E-state index contributed by atoms with van der Waals surface area (Å²) in [6.07, 6.45) is -2.57. The molecule has 1 aromatic rings. The summed E-state index contributed by atoms with van der Waals surface area (Å²) in [7, 11) is 0. The van der Waals surface area contributed by atoms with E-state index < -0.39 is 6.36 Å². The number of nitrogens with zero attached hydrogens (tertiary/aromatic N) is 1. The maximum absolute atomic E-state index is 12.4. The summed E-state index contributed by atoms with van der Waals surface area (Å²) in [4.78, 5) is 2.11. The van der Waals surface area contributed by atoms with Crippen LogP contribution in [0.4, 0.5) is 13.2 Å². The van der Waals surface area contributed by atoms with Crippen molar-refractivity contribution in [1.82, 2.24) is 4.90 Å². The first-order chi connectivity index (χ1) is 9.01. The molecule has 0 aliphatic carbocycles. The van der Waals surface area contributed by atoms with Gasteiger partial charge in [0.05, 0.1) is 6.04 Å². The highest BCUT2D eigenvalue weighted by Gasteiger charge is 2.33. The van der Waals surface area contributed by atoms with Gasteiger partial charge in [0.2, 0.25) is 0 Å². The summed E-state index contributed by atoms with van der Waals surface area (Å²) in [5, 5.41) is 0. The number of halogens is 3. The van der Waals surface area contributed by atoms with Crippen molar-refractivity contribution in [2.24, 2.45) is 5.73 Å². The standard InChI is InChI=1S/C13H17F3N2O/c14-13(15,16)19-12-6-2-1-5-10(12)11(9-17)18-7-3-4-8-18/h1-2,5-6,11H,3-4,7-9,17H2/t11-/m1/s1. The molecule has 1 aliphatic heterocycles. The van der Waals surface area contributed by atoms with Gasteiger partial charge in [0.25, 0.3) is 0 Å². The Labute approximate surface area is 110 Å². The van der Waals surface area contributed by atoms with E-state index in [1.807, 2.05) is 0 Å². The minimum Gasteiger partial charge on any atom is -0.405 e. The van der Waals surface area contributed by atoms with Crippen molar-refractivity contribution < 1.29 is 17.9 Å². The van der Waals surface area contributed by atoms with E-state index in [9.17, 15) is 13.2 Å². The highest BCUT2D eigenvalue weighted by atomic mass is 19.4. The summed E-state index contributed by atoms with van der Waals surface area (Å²) >= 11 is 0. The lowest BCUT2D eigenvalue weighted by atomic mass is 10.0. The molecule has 0 aromatic heterocycles. The molecular weight excluding hydrogens is 257 g/mol. The maximum atomic E-state index is 12.4. The van der Waals surface area contributed by atoms with Crippen LogP contribution in [0.3, 0.4) is 0 Å². The summed E-state index contributed by atoms with van der Waals surface area (Å²) in [6.45, 7) is 2.00. The number of rotatable bonds is 4. The predicted molar refractivity (Wildman–Crippen MR) is 65.7 cm³/mol. The fourth-order valence-corrected chi connectivity index (χ4v) is 2.50. The molecule has 0 unspecified atom stereocenters. The molecule has 1 atom stereocenters. The Balaban J connectivity index is 2.26. The number of likely N-dealkylation sites (tertiary alicyclic amines) is 1. The first-order valence-electron chi connectivity index (χ1n) is 6.30. The van der Waals surface area contributed by atoms with E-state index in [1.54, 1.807) is 12.1 Å². The van der Waals surface area contributed by atoms with Gasteiger partial charge in [-0.2, -0.15) is 0 Å². The Hall–Kier alpha value is -1.27. The third kappa shape index (κ3) is 3.61. The molecule has 2 rings (SSSR count). The maximum Gasteiger partial charge on any atom is 0.573 e. The predicted octanol–water partition coefficient (Wildman–Crippen LogP) is 2.68. The zero-order valence-corrected chi connectivity index (χ0v) is 10.5. The number of ether oxygens (including phenoxy) is 1. The van der Waals surface area contributed by atoms with Gasteiger partial charge in [-0.3, -0.25) is 4.90 Å². The molecule has 0 bridgehead atoms. The average molecular weight is 274 g/mol. The number of hydrogen-bond acceptors (Lipinski definition) is 3. The van der Waals surface area contributed by atoms with Crippen LogP contribution in [0.15, 0.2) is 24.3 Å². The molecule has 0 radical (unpaired) electrons. The fourth-order valence-electron chi connectivity index (χ4n) is 2.50. The highest BCUT2D eigenvalue weighted by molar-refractivity contribution is 5.36. The SMILES string of the molecule is NC[C@H](c1ccccc1OC(F)(F)F)N1CCCC1. The molecule has 6 heteroatoms. The van der Waals surface area contributed by atoms with Crippen molar-refractivity contribution >= 4 is 0 Å². The summed E-state index contributed by atoms with van der Waals surface area (Å²) in [6, 6.07) is 6.00. The van der Waals surface area contributed by atoms with Crippen LogP contribution in [-0.4, -0.2) is 30.9 Å². The van der Waals surface area contributed by atoms with E-state index in [1.165, 1.54) is 12.1 Å². The van der Waals surface area contributed by atoms with Crippen LogP contribution in [0.1, 0.15) is 24.4 Å². The minimum absolute atomic E-state index is 0.155. The van der Waals surface area contributed by atoms with Gasteiger partial charge in [-0.05, 0) is 32.0 Å². The molecule has 0 amide bonds. The van der Waals surface area contributed by atoms with Gasteiger partial charge in [0, 0.05) is 12.1 Å². The second kappa shape index (κ2) is 5.79. The highest BCUT2D eigenvalue weighted by Crippen LogP contribution is 2.33. The summed E-state index contributed by atoms with van der Waals surface area (Å²) in [5.74, 6) is -0.155. The van der Waals surface area contributed by atoms with E-state index in [2.05, 4.69) is 9.64 Å². The van der Waals surface area contributed by atoms with Crippen LogP contribution in [0, 0.1) is 0 Å². The average Bonchev–Trinajstić information content (AvgIpc) is 2.84. The van der Waals surface area contributed by atoms with Crippen molar-refractivity contribution in [3.63, 3.8) is 0 Å². The number of alkyl halides is 3. The van der Waals surface area contributed by atoms with Gasteiger partial charge in [0.1, 0.15) is 5.75 Å². The quantitative estimate of drug-likeness (QED) is 0.917.